The molecule has 30 heavy (non-hydrogen) atoms. The summed E-state index contributed by atoms with van der Waals surface area (Å²) in [5.74, 6) is -1.01. The quantitative estimate of drug-likeness (QED) is 0.558. The fourth-order valence-electron chi connectivity index (χ4n) is 3.35. The molecule has 1 aliphatic heterocycles. The van der Waals surface area contributed by atoms with E-state index in [0.29, 0.717) is 30.7 Å². The number of ether oxygens (including phenoxy) is 2. The van der Waals surface area contributed by atoms with Crippen molar-refractivity contribution in [3.63, 3.8) is 0 Å². The molecule has 4 rings (SSSR count). The monoisotopic (exact) mass is 406 g/mol. The van der Waals surface area contributed by atoms with Crippen molar-refractivity contribution in [3.05, 3.63) is 71.5 Å². The van der Waals surface area contributed by atoms with Crippen LogP contribution >= 0.6 is 0 Å². The van der Waals surface area contributed by atoms with Gasteiger partial charge in [-0.3, -0.25) is 4.79 Å². The Kier molecular flexibility index (Phi) is 5.90. The van der Waals surface area contributed by atoms with Crippen LogP contribution in [0.2, 0.25) is 0 Å². The summed E-state index contributed by atoms with van der Waals surface area (Å²) in [6.07, 6.45) is 0.659. The van der Waals surface area contributed by atoms with Gasteiger partial charge in [0.05, 0.1) is 18.9 Å². The van der Waals surface area contributed by atoms with Gasteiger partial charge < -0.3 is 13.9 Å². The minimum Gasteiger partial charge on any atom is -0.450 e. The van der Waals surface area contributed by atoms with Crippen LogP contribution in [0.4, 0.5) is 0 Å². The van der Waals surface area contributed by atoms with Gasteiger partial charge in [-0.25, -0.2) is 9.80 Å². The first-order chi connectivity index (χ1) is 14.7. The zero-order valence-corrected chi connectivity index (χ0v) is 16.7. The standard InChI is InChI=1S/C23H22N2O5/c1-2-28-14-18-17-10-6-7-11-20(17)30-22(18)23(27)29-15-21(26)25-13-12-19(24-25)16-8-4-3-5-9-16/h3-11H,2,12-15H2,1H3. The summed E-state index contributed by atoms with van der Waals surface area (Å²) in [6.45, 7) is 2.65. The molecule has 1 aromatic heterocycles. The predicted octanol–water partition coefficient (Wildman–Crippen LogP) is 3.76. The minimum absolute atomic E-state index is 0.0624. The highest BCUT2D eigenvalue weighted by Crippen LogP contribution is 2.27. The normalized spacial score (nSPS) is 13.5. The number of hydrazone groups is 1. The summed E-state index contributed by atoms with van der Waals surface area (Å²) in [7, 11) is 0. The summed E-state index contributed by atoms with van der Waals surface area (Å²) < 4.78 is 16.4. The van der Waals surface area contributed by atoms with E-state index in [1.807, 2.05) is 55.5 Å². The van der Waals surface area contributed by atoms with E-state index < -0.39 is 12.6 Å². The molecule has 0 radical (unpaired) electrons. The van der Waals surface area contributed by atoms with Crippen molar-refractivity contribution < 1.29 is 23.5 Å². The number of carbonyl (C=O) groups excluding carboxylic acids is 2. The smallest absolute Gasteiger partial charge is 0.375 e. The van der Waals surface area contributed by atoms with E-state index in [0.717, 1.165) is 16.7 Å². The number of hydrogen-bond acceptors (Lipinski definition) is 6. The maximum Gasteiger partial charge on any atom is 0.375 e. The molecule has 154 valence electrons. The minimum atomic E-state index is -0.694. The zero-order valence-electron chi connectivity index (χ0n) is 16.7. The fraction of sp³-hybridized carbons (Fsp3) is 0.261. The highest BCUT2D eigenvalue weighted by Gasteiger charge is 2.25. The Morgan fingerprint density at radius 1 is 1.10 bits per heavy atom. The van der Waals surface area contributed by atoms with Crippen LogP contribution < -0.4 is 0 Å². The number of nitrogens with zero attached hydrogens (tertiary/aromatic N) is 2. The molecule has 2 heterocycles. The van der Waals surface area contributed by atoms with Gasteiger partial charge in [-0.1, -0.05) is 48.5 Å². The number of para-hydroxylation sites is 1. The highest BCUT2D eigenvalue weighted by molar-refractivity contribution is 6.03. The average Bonchev–Trinajstić information content (AvgIpc) is 3.42. The molecule has 2 aromatic carbocycles. The summed E-state index contributed by atoms with van der Waals surface area (Å²) in [5.41, 5.74) is 3.01. The lowest BCUT2D eigenvalue weighted by atomic mass is 10.1. The van der Waals surface area contributed by atoms with Crippen molar-refractivity contribution in [2.45, 2.75) is 20.0 Å². The first-order valence-electron chi connectivity index (χ1n) is 9.86. The second-order valence-electron chi connectivity index (χ2n) is 6.80. The first-order valence-corrected chi connectivity index (χ1v) is 9.86. The van der Waals surface area contributed by atoms with Gasteiger partial charge in [0.1, 0.15) is 5.58 Å². The van der Waals surface area contributed by atoms with Crippen LogP contribution in [0.5, 0.6) is 0 Å². The highest BCUT2D eigenvalue weighted by atomic mass is 16.5. The number of amides is 1. The van der Waals surface area contributed by atoms with E-state index in [1.54, 1.807) is 6.07 Å². The molecule has 0 bridgehead atoms. The van der Waals surface area contributed by atoms with Crippen molar-refractivity contribution in [3.8, 4) is 0 Å². The zero-order chi connectivity index (χ0) is 20.9. The van der Waals surface area contributed by atoms with Gasteiger partial charge in [0, 0.05) is 24.0 Å². The molecular weight excluding hydrogens is 384 g/mol. The van der Waals surface area contributed by atoms with Crippen LogP contribution in [0.25, 0.3) is 11.0 Å². The van der Waals surface area contributed by atoms with E-state index in [2.05, 4.69) is 5.10 Å². The molecule has 1 aliphatic rings. The molecule has 0 fully saturated rings. The number of furan rings is 1. The first kappa shape index (κ1) is 19.8. The van der Waals surface area contributed by atoms with E-state index in [-0.39, 0.29) is 18.3 Å². The van der Waals surface area contributed by atoms with Gasteiger partial charge >= 0.3 is 5.97 Å². The van der Waals surface area contributed by atoms with Crippen molar-refractivity contribution in [1.29, 1.82) is 0 Å². The van der Waals surface area contributed by atoms with Crippen LogP contribution in [-0.2, 0) is 20.9 Å². The Hall–Kier alpha value is -3.45. The molecule has 0 N–H and O–H groups in total. The van der Waals surface area contributed by atoms with Gasteiger partial charge in [-0.15, -0.1) is 0 Å². The summed E-state index contributed by atoms with van der Waals surface area (Å²) in [4.78, 5) is 25.1. The SMILES string of the molecule is CCOCc1c(C(=O)OCC(=O)N2CCC(c3ccccc3)=N2)oc2ccccc12. The molecule has 1 amide bonds. The van der Waals surface area contributed by atoms with Crippen LogP contribution in [0.3, 0.4) is 0 Å². The molecule has 3 aromatic rings. The van der Waals surface area contributed by atoms with Crippen molar-refractivity contribution >= 4 is 28.6 Å². The van der Waals surface area contributed by atoms with Gasteiger partial charge in [0.25, 0.3) is 5.91 Å². The van der Waals surface area contributed by atoms with E-state index in [9.17, 15) is 9.59 Å². The molecule has 7 heteroatoms. The number of fused-ring (bicyclic) bond motifs is 1. The summed E-state index contributed by atoms with van der Waals surface area (Å²) in [5, 5.41) is 6.50. The molecule has 0 spiro atoms. The second kappa shape index (κ2) is 8.92. The third kappa shape index (κ3) is 4.11. The Balaban J connectivity index is 1.44. The van der Waals surface area contributed by atoms with E-state index >= 15 is 0 Å². The molecule has 0 saturated carbocycles. The predicted molar refractivity (Wildman–Crippen MR) is 111 cm³/mol. The second-order valence-corrected chi connectivity index (χ2v) is 6.80. The number of carbonyl (C=O) groups is 2. The lowest BCUT2D eigenvalue weighted by molar-refractivity contribution is -0.134. The van der Waals surface area contributed by atoms with Gasteiger partial charge in [0.2, 0.25) is 5.76 Å². The van der Waals surface area contributed by atoms with Crippen LogP contribution in [-0.4, -0.2) is 42.4 Å². The van der Waals surface area contributed by atoms with Gasteiger partial charge in [-0.05, 0) is 18.6 Å². The average molecular weight is 406 g/mol. The van der Waals surface area contributed by atoms with Crippen molar-refractivity contribution in [1.82, 2.24) is 5.01 Å². The third-order valence-electron chi connectivity index (χ3n) is 4.86. The summed E-state index contributed by atoms with van der Waals surface area (Å²) in [6, 6.07) is 17.0. The number of rotatable bonds is 7. The largest absolute Gasteiger partial charge is 0.450 e. The topological polar surface area (TPSA) is 81.3 Å². The Morgan fingerprint density at radius 3 is 2.67 bits per heavy atom. The van der Waals surface area contributed by atoms with Crippen molar-refractivity contribution in [2.24, 2.45) is 5.10 Å². The van der Waals surface area contributed by atoms with Gasteiger partial charge in [-0.2, -0.15) is 5.10 Å². The van der Waals surface area contributed by atoms with Crippen molar-refractivity contribution in [2.75, 3.05) is 19.8 Å². The molecule has 0 unspecified atom stereocenters. The Bertz CT molecular complexity index is 1090. The maximum atomic E-state index is 12.6. The maximum absolute atomic E-state index is 12.6. The Labute approximate surface area is 173 Å². The van der Waals surface area contributed by atoms with E-state index in [4.69, 9.17) is 13.9 Å². The molecular formula is C23H22N2O5. The van der Waals surface area contributed by atoms with Crippen LogP contribution in [0.1, 0.15) is 35.0 Å². The fourth-order valence-corrected chi connectivity index (χ4v) is 3.35. The van der Waals surface area contributed by atoms with Crippen LogP contribution in [0, 0.1) is 0 Å². The molecule has 0 atom stereocenters. The van der Waals surface area contributed by atoms with E-state index in [1.165, 1.54) is 5.01 Å². The number of hydrogen-bond donors (Lipinski definition) is 0. The number of benzene rings is 2. The molecule has 0 aliphatic carbocycles. The van der Waals surface area contributed by atoms with Crippen LogP contribution in [0.15, 0.2) is 64.1 Å². The molecule has 7 nitrogen and oxygen atoms in total. The molecule has 0 saturated heterocycles. The summed E-state index contributed by atoms with van der Waals surface area (Å²) >= 11 is 0. The number of esters is 1. The Morgan fingerprint density at radius 2 is 1.87 bits per heavy atom. The lowest BCUT2D eigenvalue weighted by Gasteiger charge is -2.11. The third-order valence-corrected chi connectivity index (χ3v) is 4.86. The van der Waals surface area contributed by atoms with Gasteiger partial charge in [0.15, 0.2) is 6.61 Å². The lowest BCUT2D eigenvalue weighted by Crippen LogP contribution is -2.28.